The van der Waals surface area contributed by atoms with Crippen molar-refractivity contribution in [3.05, 3.63) is 72.2 Å². The number of nitrogens with zero attached hydrogens (tertiary/aromatic N) is 3. The highest BCUT2D eigenvalue weighted by molar-refractivity contribution is 5.97. The molecule has 1 fully saturated rings. The molecule has 2 heterocycles. The minimum Gasteiger partial charge on any atom is -0.380 e. The molecular formula is C26H26FN5O. The highest BCUT2D eigenvalue weighted by atomic mass is 19.1. The van der Waals surface area contributed by atoms with Crippen molar-refractivity contribution >= 4 is 22.4 Å². The maximum Gasteiger partial charge on any atom is 0.273 e. The topological polar surface area (TPSA) is 81.0 Å². The smallest absolute Gasteiger partial charge is 0.273 e. The summed E-state index contributed by atoms with van der Waals surface area (Å²) in [4.78, 5) is 19.4. The van der Waals surface area contributed by atoms with E-state index in [-0.39, 0.29) is 11.7 Å². The highest BCUT2D eigenvalue weighted by Crippen LogP contribution is 2.29. The maximum atomic E-state index is 14.5. The number of halogens is 1. The third-order valence-corrected chi connectivity index (χ3v) is 5.94. The van der Waals surface area contributed by atoms with Crippen LogP contribution in [0.2, 0.25) is 0 Å². The van der Waals surface area contributed by atoms with E-state index < -0.39 is 11.7 Å². The van der Waals surface area contributed by atoms with Crippen LogP contribution in [0.15, 0.2) is 60.7 Å². The lowest BCUT2D eigenvalue weighted by molar-refractivity contribution is 0.0907. The third-order valence-electron chi connectivity index (χ3n) is 5.94. The normalized spacial score (nSPS) is 14.6. The Morgan fingerprint density at radius 1 is 1.24 bits per heavy atom. The summed E-state index contributed by atoms with van der Waals surface area (Å²) >= 11 is 0. The molecular weight excluding hydrogens is 417 g/mol. The Morgan fingerprint density at radius 3 is 2.79 bits per heavy atom. The van der Waals surface area contributed by atoms with Crippen LogP contribution in [0.3, 0.4) is 0 Å². The van der Waals surface area contributed by atoms with E-state index in [0.717, 1.165) is 48.0 Å². The molecule has 6 nitrogen and oxygen atoms in total. The van der Waals surface area contributed by atoms with Gasteiger partial charge in [-0.1, -0.05) is 30.8 Å². The summed E-state index contributed by atoms with van der Waals surface area (Å²) in [5.41, 5.74) is 2.38. The molecule has 33 heavy (non-hydrogen) atoms. The molecule has 1 amide bonds. The second-order valence-corrected chi connectivity index (χ2v) is 8.39. The Bertz CT molecular complexity index is 1240. The summed E-state index contributed by atoms with van der Waals surface area (Å²) in [6.45, 7) is 5.84. The molecule has 3 aromatic rings. The fourth-order valence-corrected chi connectivity index (χ4v) is 4.00. The van der Waals surface area contributed by atoms with E-state index in [9.17, 15) is 9.18 Å². The summed E-state index contributed by atoms with van der Waals surface area (Å²) in [5.74, 6) is -1.12. The molecule has 1 aliphatic rings. The van der Waals surface area contributed by atoms with E-state index >= 15 is 0 Å². The molecule has 0 aliphatic carbocycles. The Labute approximate surface area is 192 Å². The van der Waals surface area contributed by atoms with Gasteiger partial charge >= 0.3 is 0 Å². The summed E-state index contributed by atoms with van der Waals surface area (Å²) in [5, 5.41) is 17.1. The van der Waals surface area contributed by atoms with Crippen LogP contribution in [-0.4, -0.2) is 48.5 Å². The molecule has 0 radical (unpaired) electrons. The van der Waals surface area contributed by atoms with E-state index in [0.29, 0.717) is 17.8 Å². The molecule has 0 saturated carbocycles. The monoisotopic (exact) mass is 443 g/mol. The third kappa shape index (κ3) is 5.18. The van der Waals surface area contributed by atoms with Crippen LogP contribution in [0.5, 0.6) is 0 Å². The lowest BCUT2D eigenvalue weighted by Crippen LogP contribution is -2.43. The van der Waals surface area contributed by atoms with Gasteiger partial charge in [-0.3, -0.25) is 4.79 Å². The molecule has 4 rings (SSSR count). The second kappa shape index (κ2) is 9.80. The first-order chi connectivity index (χ1) is 15.9. The van der Waals surface area contributed by atoms with Crippen LogP contribution < -0.4 is 10.6 Å². The number of piperidine rings is 1. The van der Waals surface area contributed by atoms with Crippen molar-refractivity contribution in [1.82, 2.24) is 15.2 Å². The fourth-order valence-electron chi connectivity index (χ4n) is 4.00. The molecule has 0 unspecified atom stereocenters. The zero-order valence-corrected chi connectivity index (χ0v) is 18.6. The van der Waals surface area contributed by atoms with Gasteiger partial charge in [0.15, 0.2) is 11.5 Å². The molecule has 2 N–H and O–H groups in total. The molecule has 7 heteroatoms. The van der Waals surface area contributed by atoms with E-state index in [1.54, 1.807) is 6.07 Å². The molecule has 0 spiro atoms. The minimum atomic E-state index is -0.637. The second-order valence-electron chi connectivity index (χ2n) is 8.39. The van der Waals surface area contributed by atoms with Gasteiger partial charge in [-0.05, 0) is 62.6 Å². The van der Waals surface area contributed by atoms with Crippen molar-refractivity contribution in [1.29, 1.82) is 5.26 Å². The number of anilines is 1. The Balaban J connectivity index is 1.61. The fraction of sp³-hybridized carbons (Fsp3) is 0.269. The first kappa shape index (κ1) is 22.4. The molecule has 1 aromatic heterocycles. The average molecular weight is 444 g/mol. The molecule has 0 atom stereocenters. The van der Waals surface area contributed by atoms with Gasteiger partial charge in [0.2, 0.25) is 0 Å². The predicted molar refractivity (Wildman–Crippen MR) is 128 cm³/mol. The van der Waals surface area contributed by atoms with Crippen molar-refractivity contribution in [2.24, 2.45) is 0 Å². The molecule has 168 valence electrons. The van der Waals surface area contributed by atoms with Gasteiger partial charge in [0, 0.05) is 34.8 Å². The SMILES string of the molecule is C=C(C#N)CNc1cccc2ccc(-c3ccc(F)c(C(=O)NC4CCN(C)CC4)n3)cc12. The van der Waals surface area contributed by atoms with Crippen LogP contribution in [0.1, 0.15) is 23.3 Å². The Hall–Kier alpha value is -3.76. The van der Waals surface area contributed by atoms with Crippen LogP contribution in [-0.2, 0) is 0 Å². The van der Waals surface area contributed by atoms with E-state index in [1.165, 1.54) is 6.07 Å². The Morgan fingerprint density at radius 2 is 2.03 bits per heavy atom. The van der Waals surface area contributed by atoms with E-state index in [2.05, 4.69) is 27.1 Å². The zero-order valence-electron chi connectivity index (χ0n) is 18.6. The van der Waals surface area contributed by atoms with Gasteiger partial charge < -0.3 is 15.5 Å². The largest absolute Gasteiger partial charge is 0.380 e. The summed E-state index contributed by atoms with van der Waals surface area (Å²) < 4.78 is 14.5. The first-order valence-electron chi connectivity index (χ1n) is 11.0. The van der Waals surface area contributed by atoms with Crippen molar-refractivity contribution < 1.29 is 9.18 Å². The van der Waals surface area contributed by atoms with Crippen molar-refractivity contribution in [2.45, 2.75) is 18.9 Å². The lowest BCUT2D eigenvalue weighted by atomic mass is 10.0. The van der Waals surface area contributed by atoms with Gasteiger partial charge in [0.25, 0.3) is 5.91 Å². The summed E-state index contributed by atoms with van der Waals surface area (Å²) in [6, 6.07) is 16.6. The van der Waals surface area contributed by atoms with Gasteiger partial charge in [0.05, 0.1) is 11.8 Å². The van der Waals surface area contributed by atoms with Crippen molar-refractivity contribution in [2.75, 3.05) is 32.0 Å². The number of carbonyl (C=O) groups is 1. The number of carbonyl (C=O) groups excluding carboxylic acids is 1. The first-order valence-corrected chi connectivity index (χ1v) is 11.0. The number of nitrogens with one attached hydrogen (secondary N) is 2. The maximum absolute atomic E-state index is 14.5. The average Bonchev–Trinajstić information content (AvgIpc) is 2.83. The van der Waals surface area contributed by atoms with E-state index in [1.807, 2.05) is 49.5 Å². The van der Waals surface area contributed by atoms with Gasteiger partial charge in [0.1, 0.15) is 0 Å². The molecule has 1 saturated heterocycles. The number of hydrogen-bond donors (Lipinski definition) is 2. The number of hydrogen-bond acceptors (Lipinski definition) is 5. The van der Waals surface area contributed by atoms with Gasteiger partial charge in [-0.25, -0.2) is 9.37 Å². The highest BCUT2D eigenvalue weighted by Gasteiger charge is 2.22. The summed E-state index contributed by atoms with van der Waals surface area (Å²) in [7, 11) is 2.05. The number of benzene rings is 2. The molecule has 0 bridgehead atoms. The van der Waals surface area contributed by atoms with E-state index in [4.69, 9.17) is 5.26 Å². The summed E-state index contributed by atoms with van der Waals surface area (Å²) in [6.07, 6.45) is 1.67. The predicted octanol–water partition coefficient (Wildman–Crippen LogP) is 4.36. The number of likely N-dealkylation sites (tertiary alicyclic amines) is 1. The molecule has 1 aliphatic heterocycles. The number of aromatic nitrogens is 1. The molecule has 2 aromatic carbocycles. The number of nitriles is 1. The quantitative estimate of drug-likeness (QED) is 0.554. The van der Waals surface area contributed by atoms with Crippen LogP contribution in [0.25, 0.3) is 22.0 Å². The zero-order chi connectivity index (χ0) is 23.4. The number of pyridine rings is 1. The van der Waals surface area contributed by atoms with Crippen LogP contribution in [0.4, 0.5) is 10.1 Å². The van der Waals surface area contributed by atoms with Gasteiger partial charge in [-0.15, -0.1) is 0 Å². The van der Waals surface area contributed by atoms with Crippen LogP contribution >= 0.6 is 0 Å². The Kier molecular flexibility index (Phi) is 6.66. The number of rotatable bonds is 6. The number of amides is 1. The van der Waals surface area contributed by atoms with Gasteiger partial charge in [-0.2, -0.15) is 5.26 Å². The standard InChI is InChI=1S/C26H26FN5O/c1-17(15-28)16-29-24-5-3-4-18-6-7-19(14-21(18)24)23-9-8-22(27)25(31-23)26(33)30-20-10-12-32(2)13-11-20/h3-9,14,20,29H,1,10-13,16H2,2H3,(H,30,33). The van der Waals surface area contributed by atoms with Crippen molar-refractivity contribution in [3.63, 3.8) is 0 Å². The minimum absolute atomic E-state index is 0.0241. The van der Waals surface area contributed by atoms with Crippen molar-refractivity contribution in [3.8, 4) is 17.3 Å². The number of fused-ring (bicyclic) bond motifs is 1. The lowest BCUT2D eigenvalue weighted by Gasteiger charge is -2.29. The van der Waals surface area contributed by atoms with Crippen LogP contribution in [0, 0.1) is 17.1 Å².